The van der Waals surface area contributed by atoms with Crippen LogP contribution in [-0.2, 0) is 6.42 Å². The summed E-state index contributed by atoms with van der Waals surface area (Å²) in [5.74, 6) is 0. The van der Waals surface area contributed by atoms with Gasteiger partial charge in [0.15, 0.2) is 0 Å². The van der Waals surface area contributed by atoms with Crippen LogP contribution in [0.1, 0.15) is 30.5 Å². The van der Waals surface area contributed by atoms with Crippen LogP contribution in [0, 0.1) is 6.92 Å². The number of aryl methyl sites for hydroxylation is 1. The van der Waals surface area contributed by atoms with Crippen LogP contribution >= 0.6 is 0 Å². The number of allylic oxidation sites excluding steroid dienone is 1. The molecule has 0 spiro atoms. The quantitative estimate of drug-likeness (QED) is 0.658. The molecule has 0 atom stereocenters. The van der Waals surface area contributed by atoms with Crippen LogP contribution in [0.3, 0.4) is 0 Å². The van der Waals surface area contributed by atoms with Crippen molar-refractivity contribution in [3.63, 3.8) is 0 Å². The van der Waals surface area contributed by atoms with Gasteiger partial charge in [-0.15, -0.1) is 0 Å². The lowest BCUT2D eigenvalue weighted by molar-refractivity contribution is 0.805. The summed E-state index contributed by atoms with van der Waals surface area (Å²) >= 11 is 0. The summed E-state index contributed by atoms with van der Waals surface area (Å²) in [6, 6.07) is 6.59. The summed E-state index contributed by atoms with van der Waals surface area (Å²) in [6.45, 7) is 7.60. The van der Waals surface area contributed by atoms with Gasteiger partial charge in [0.1, 0.15) is 0 Å². The van der Waals surface area contributed by atoms with Crippen LogP contribution in [0.15, 0.2) is 23.8 Å². The van der Waals surface area contributed by atoms with Gasteiger partial charge in [0.25, 0.3) is 0 Å². The Bertz CT molecular complexity index is 384. The molecule has 0 aromatic heterocycles. The zero-order valence-electron chi connectivity index (χ0n) is 9.15. The van der Waals surface area contributed by atoms with E-state index in [1.165, 1.54) is 28.0 Å². The van der Waals surface area contributed by atoms with Crippen LogP contribution in [0.2, 0.25) is 0 Å². The molecule has 0 saturated heterocycles. The summed E-state index contributed by atoms with van der Waals surface area (Å²) in [5, 5.41) is 3.50. The SMILES string of the molecule is CC(C)=C1NCCc2cccc(C)c21. The van der Waals surface area contributed by atoms with Gasteiger partial charge in [0.2, 0.25) is 0 Å². The van der Waals surface area contributed by atoms with Gasteiger partial charge >= 0.3 is 0 Å². The highest BCUT2D eigenvalue weighted by molar-refractivity contribution is 5.73. The third-order valence-corrected chi connectivity index (χ3v) is 2.81. The smallest absolute Gasteiger partial charge is 0.0405 e. The lowest BCUT2D eigenvalue weighted by Gasteiger charge is -2.24. The first kappa shape index (κ1) is 9.32. The third kappa shape index (κ3) is 1.43. The maximum absolute atomic E-state index is 3.50. The maximum atomic E-state index is 3.50. The number of fused-ring (bicyclic) bond motifs is 1. The van der Waals surface area contributed by atoms with Gasteiger partial charge in [-0.25, -0.2) is 0 Å². The fourth-order valence-electron chi connectivity index (χ4n) is 2.13. The molecule has 1 N–H and O–H groups in total. The lowest BCUT2D eigenvalue weighted by atomic mass is 9.92. The van der Waals surface area contributed by atoms with Crippen molar-refractivity contribution in [1.29, 1.82) is 0 Å². The molecule has 1 aliphatic heterocycles. The Hall–Kier alpha value is -1.24. The van der Waals surface area contributed by atoms with Crippen molar-refractivity contribution in [2.45, 2.75) is 27.2 Å². The van der Waals surface area contributed by atoms with E-state index in [0.29, 0.717) is 0 Å². The van der Waals surface area contributed by atoms with Crippen molar-refractivity contribution in [3.05, 3.63) is 40.5 Å². The van der Waals surface area contributed by atoms with Crippen molar-refractivity contribution in [3.8, 4) is 0 Å². The van der Waals surface area contributed by atoms with Crippen LogP contribution in [0.25, 0.3) is 5.70 Å². The third-order valence-electron chi connectivity index (χ3n) is 2.81. The minimum atomic E-state index is 1.07. The topological polar surface area (TPSA) is 12.0 Å². The first-order valence-corrected chi connectivity index (χ1v) is 5.20. The van der Waals surface area contributed by atoms with Crippen molar-refractivity contribution < 1.29 is 0 Å². The van der Waals surface area contributed by atoms with E-state index in [4.69, 9.17) is 0 Å². The second kappa shape index (κ2) is 3.49. The average Bonchev–Trinajstić information content (AvgIpc) is 2.17. The van der Waals surface area contributed by atoms with Crippen LogP contribution in [0.5, 0.6) is 0 Å². The van der Waals surface area contributed by atoms with Gasteiger partial charge in [-0.05, 0) is 38.3 Å². The van der Waals surface area contributed by atoms with E-state index < -0.39 is 0 Å². The van der Waals surface area contributed by atoms with E-state index in [-0.39, 0.29) is 0 Å². The van der Waals surface area contributed by atoms with Crippen LogP contribution in [0.4, 0.5) is 0 Å². The van der Waals surface area contributed by atoms with E-state index in [9.17, 15) is 0 Å². The van der Waals surface area contributed by atoms with Crippen molar-refractivity contribution in [1.82, 2.24) is 5.32 Å². The molecule has 0 unspecified atom stereocenters. The first-order chi connectivity index (χ1) is 6.70. The van der Waals surface area contributed by atoms with E-state index in [2.05, 4.69) is 44.3 Å². The molecule has 2 rings (SSSR count). The monoisotopic (exact) mass is 187 g/mol. The van der Waals surface area contributed by atoms with Crippen LogP contribution in [-0.4, -0.2) is 6.54 Å². The summed E-state index contributed by atoms with van der Waals surface area (Å²) in [6.07, 6.45) is 1.15. The van der Waals surface area contributed by atoms with Gasteiger partial charge in [0.05, 0.1) is 0 Å². The minimum absolute atomic E-state index is 1.07. The highest BCUT2D eigenvalue weighted by atomic mass is 14.9. The van der Waals surface area contributed by atoms with Gasteiger partial charge in [-0.3, -0.25) is 0 Å². The van der Waals surface area contributed by atoms with E-state index in [1.54, 1.807) is 0 Å². The highest BCUT2D eigenvalue weighted by Crippen LogP contribution is 2.27. The highest BCUT2D eigenvalue weighted by Gasteiger charge is 2.15. The molecule has 1 aliphatic rings. The Morgan fingerprint density at radius 3 is 2.79 bits per heavy atom. The number of hydrogen-bond acceptors (Lipinski definition) is 1. The summed E-state index contributed by atoms with van der Waals surface area (Å²) < 4.78 is 0. The molecule has 0 aliphatic carbocycles. The second-order valence-electron chi connectivity index (χ2n) is 4.16. The molecule has 1 aromatic carbocycles. The molecule has 0 radical (unpaired) electrons. The molecule has 0 fully saturated rings. The normalized spacial score (nSPS) is 14.6. The molecule has 74 valence electrons. The standard InChI is InChI=1S/C13H17N/c1-9(2)13-12-10(3)5-4-6-11(12)7-8-14-13/h4-6,14H,7-8H2,1-3H3. The van der Waals surface area contributed by atoms with Crippen molar-refractivity contribution >= 4 is 5.70 Å². The molecule has 14 heavy (non-hydrogen) atoms. The molecule has 0 amide bonds. The van der Waals surface area contributed by atoms with Crippen molar-refractivity contribution in [2.24, 2.45) is 0 Å². The fraction of sp³-hybridized carbons (Fsp3) is 0.385. The molecule has 0 bridgehead atoms. The zero-order valence-corrected chi connectivity index (χ0v) is 9.15. The van der Waals surface area contributed by atoms with Gasteiger partial charge in [-0.1, -0.05) is 23.8 Å². The number of benzene rings is 1. The predicted molar refractivity (Wildman–Crippen MR) is 61.2 cm³/mol. The van der Waals surface area contributed by atoms with Gasteiger partial charge < -0.3 is 5.32 Å². The molecule has 1 nitrogen and oxygen atoms in total. The summed E-state index contributed by atoms with van der Waals surface area (Å²) in [7, 11) is 0. The first-order valence-electron chi connectivity index (χ1n) is 5.20. The molecule has 0 saturated carbocycles. The van der Waals surface area contributed by atoms with E-state index >= 15 is 0 Å². The minimum Gasteiger partial charge on any atom is -0.384 e. The van der Waals surface area contributed by atoms with Crippen LogP contribution < -0.4 is 5.32 Å². The van der Waals surface area contributed by atoms with Gasteiger partial charge in [-0.2, -0.15) is 0 Å². The maximum Gasteiger partial charge on any atom is 0.0405 e. The molecular weight excluding hydrogens is 170 g/mol. The lowest BCUT2D eigenvalue weighted by Crippen LogP contribution is -2.24. The Labute approximate surface area is 85.8 Å². The van der Waals surface area contributed by atoms with E-state index in [1.807, 2.05) is 0 Å². The number of nitrogens with one attached hydrogen (secondary N) is 1. The number of hydrogen-bond donors (Lipinski definition) is 1. The van der Waals surface area contributed by atoms with Crippen molar-refractivity contribution in [2.75, 3.05) is 6.54 Å². The molecule has 1 aromatic rings. The predicted octanol–water partition coefficient (Wildman–Crippen LogP) is 2.89. The number of rotatable bonds is 0. The van der Waals surface area contributed by atoms with Gasteiger partial charge in [0, 0.05) is 17.8 Å². The summed E-state index contributed by atoms with van der Waals surface area (Å²) in [5.41, 5.74) is 7.01. The Kier molecular flexibility index (Phi) is 2.32. The zero-order chi connectivity index (χ0) is 10.1. The second-order valence-corrected chi connectivity index (χ2v) is 4.16. The fourth-order valence-corrected chi connectivity index (χ4v) is 2.13. The Balaban J connectivity index is 2.64. The summed E-state index contributed by atoms with van der Waals surface area (Å²) in [4.78, 5) is 0. The average molecular weight is 187 g/mol. The largest absolute Gasteiger partial charge is 0.384 e. The Morgan fingerprint density at radius 1 is 1.29 bits per heavy atom. The Morgan fingerprint density at radius 2 is 2.07 bits per heavy atom. The molecule has 1 heterocycles. The molecule has 1 heteroatoms. The molecular formula is C13H17N. The van der Waals surface area contributed by atoms with E-state index in [0.717, 1.165) is 13.0 Å².